The maximum atomic E-state index is 4.78. The van der Waals surface area contributed by atoms with Crippen molar-refractivity contribution in [3.8, 4) is 23.7 Å². The molecule has 0 N–H and O–H groups in total. The highest BCUT2D eigenvalue weighted by molar-refractivity contribution is 5.02. The van der Waals surface area contributed by atoms with Crippen LogP contribution >= 0.6 is 0 Å². The second kappa shape index (κ2) is 11.0. The lowest BCUT2D eigenvalue weighted by molar-refractivity contribution is 0.239. The largest absolute Gasteiger partial charge is 0.372 e. The molecule has 0 unspecified atom stereocenters. The normalized spacial score (nSPS) is 8.15. The number of rotatable bonds is 4. The molecule has 2 heteroatoms. The highest BCUT2D eigenvalue weighted by Crippen LogP contribution is 1.90. The first-order valence-electron chi connectivity index (χ1n) is 4.31. The molecule has 0 aliphatic carbocycles. The van der Waals surface area contributed by atoms with Crippen LogP contribution in [0, 0.1) is 23.7 Å². The van der Waals surface area contributed by atoms with Crippen molar-refractivity contribution in [2.45, 2.75) is 19.3 Å². The van der Waals surface area contributed by atoms with E-state index in [1.165, 1.54) is 0 Å². The van der Waals surface area contributed by atoms with Crippen molar-refractivity contribution in [1.82, 2.24) is 0 Å². The Bertz CT molecular complexity index is 188. The molecule has 0 aliphatic rings. The van der Waals surface area contributed by atoms with E-state index < -0.39 is 0 Å². The molecule has 0 saturated carbocycles. The summed E-state index contributed by atoms with van der Waals surface area (Å²) in [6, 6.07) is 0. The van der Waals surface area contributed by atoms with E-state index >= 15 is 0 Å². The van der Waals surface area contributed by atoms with Gasteiger partial charge in [-0.05, 0) is 6.42 Å². The summed E-state index contributed by atoms with van der Waals surface area (Å²) in [6.07, 6.45) is 2.81. The van der Waals surface area contributed by atoms with Crippen LogP contribution in [-0.4, -0.2) is 27.4 Å². The first-order valence-corrected chi connectivity index (χ1v) is 4.31. The Morgan fingerprint density at radius 3 is 1.62 bits per heavy atom. The molecule has 0 atom stereocenters. The monoisotopic (exact) mass is 180 g/mol. The summed E-state index contributed by atoms with van der Waals surface area (Å²) < 4.78 is 9.57. The molecule has 0 spiro atoms. The molecule has 0 aromatic carbocycles. The summed E-state index contributed by atoms with van der Waals surface area (Å²) >= 11 is 0. The summed E-state index contributed by atoms with van der Waals surface area (Å²) in [5.74, 6) is 11.8. The highest BCUT2D eigenvalue weighted by Gasteiger charge is 1.79. The predicted octanol–water partition coefficient (Wildman–Crippen LogP) is 1.46. The van der Waals surface area contributed by atoms with E-state index in [1.54, 1.807) is 14.2 Å². The number of methoxy groups -OCH3 is 2. The van der Waals surface area contributed by atoms with Crippen LogP contribution in [0.1, 0.15) is 19.3 Å². The number of hydrogen-bond acceptors (Lipinski definition) is 2. The van der Waals surface area contributed by atoms with Crippen LogP contribution in [0.4, 0.5) is 0 Å². The Labute approximate surface area is 80.6 Å². The molecular weight excluding hydrogens is 164 g/mol. The Morgan fingerprint density at radius 2 is 1.23 bits per heavy atom. The van der Waals surface area contributed by atoms with Gasteiger partial charge >= 0.3 is 0 Å². The Hall–Kier alpha value is -0.960. The lowest BCUT2D eigenvalue weighted by atomic mass is 10.2. The van der Waals surface area contributed by atoms with Gasteiger partial charge < -0.3 is 9.47 Å². The topological polar surface area (TPSA) is 18.5 Å². The zero-order valence-electron chi connectivity index (χ0n) is 8.35. The minimum atomic E-state index is 0.523. The molecule has 0 saturated heterocycles. The van der Waals surface area contributed by atoms with Crippen LogP contribution in [-0.2, 0) is 9.47 Å². The Morgan fingerprint density at radius 1 is 0.769 bits per heavy atom. The van der Waals surface area contributed by atoms with Gasteiger partial charge in [-0.25, -0.2) is 0 Å². The van der Waals surface area contributed by atoms with Crippen molar-refractivity contribution in [1.29, 1.82) is 0 Å². The van der Waals surface area contributed by atoms with Gasteiger partial charge in [0.1, 0.15) is 13.2 Å². The van der Waals surface area contributed by atoms with Gasteiger partial charge in [-0.1, -0.05) is 11.8 Å². The van der Waals surface area contributed by atoms with E-state index in [0.717, 1.165) is 19.3 Å². The lowest BCUT2D eigenvalue weighted by Crippen LogP contribution is -1.82. The van der Waals surface area contributed by atoms with Gasteiger partial charge in [0, 0.05) is 27.1 Å². The second-order valence-corrected chi connectivity index (χ2v) is 2.43. The zero-order valence-corrected chi connectivity index (χ0v) is 8.35. The van der Waals surface area contributed by atoms with E-state index in [-0.39, 0.29) is 0 Å². The summed E-state index contributed by atoms with van der Waals surface area (Å²) in [7, 11) is 3.29. The average Bonchev–Trinajstić information content (AvgIpc) is 2.16. The van der Waals surface area contributed by atoms with Crippen LogP contribution in [0.25, 0.3) is 0 Å². The van der Waals surface area contributed by atoms with Gasteiger partial charge in [-0.2, -0.15) is 0 Å². The second-order valence-electron chi connectivity index (χ2n) is 2.43. The molecule has 0 bridgehead atoms. The molecule has 0 amide bonds. The predicted molar refractivity (Wildman–Crippen MR) is 53.2 cm³/mol. The van der Waals surface area contributed by atoms with E-state index in [0.29, 0.717) is 13.2 Å². The fourth-order valence-corrected chi connectivity index (χ4v) is 0.688. The summed E-state index contributed by atoms with van der Waals surface area (Å²) in [6.45, 7) is 1.05. The van der Waals surface area contributed by atoms with Crippen LogP contribution in [0.5, 0.6) is 0 Å². The highest BCUT2D eigenvalue weighted by atomic mass is 16.5. The molecular formula is C11H16O2. The van der Waals surface area contributed by atoms with Crippen LogP contribution < -0.4 is 0 Å². The molecule has 0 aliphatic heterocycles. The minimum Gasteiger partial charge on any atom is -0.372 e. The van der Waals surface area contributed by atoms with Gasteiger partial charge in [0.25, 0.3) is 0 Å². The molecule has 0 fully saturated rings. The standard InChI is InChI=1S/C11H16O2/c1-12-10-8-6-4-3-5-7-9-11-13-2/h3-5,10-11H2,1-2H3. The van der Waals surface area contributed by atoms with Gasteiger partial charge in [-0.15, -0.1) is 11.8 Å². The number of unbranched alkanes of at least 4 members (excludes halogenated alkanes) is 2. The summed E-state index contributed by atoms with van der Waals surface area (Å²) in [5.41, 5.74) is 0. The maximum Gasteiger partial charge on any atom is 0.107 e. The van der Waals surface area contributed by atoms with Crippen molar-refractivity contribution >= 4 is 0 Å². The Kier molecular flexibility index (Phi) is 10.2. The van der Waals surface area contributed by atoms with Crippen LogP contribution in [0.3, 0.4) is 0 Å². The summed E-state index contributed by atoms with van der Waals surface area (Å²) in [4.78, 5) is 0. The average molecular weight is 180 g/mol. The van der Waals surface area contributed by atoms with E-state index in [2.05, 4.69) is 23.7 Å². The molecule has 0 heterocycles. The summed E-state index contributed by atoms with van der Waals surface area (Å²) in [5, 5.41) is 0. The van der Waals surface area contributed by atoms with Crippen molar-refractivity contribution < 1.29 is 9.47 Å². The first-order chi connectivity index (χ1) is 6.41. The molecule has 0 rings (SSSR count). The smallest absolute Gasteiger partial charge is 0.107 e. The van der Waals surface area contributed by atoms with E-state index in [4.69, 9.17) is 9.47 Å². The molecule has 0 radical (unpaired) electrons. The van der Waals surface area contributed by atoms with Crippen molar-refractivity contribution in [3.05, 3.63) is 0 Å². The third kappa shape index (κ3) is 11.0. The SMILES string of the molecule is COCC#CCCCC#CCOC. The van der Waals surface area contributed by atoms with Crippen molar-refractivity contribution in [3.63, 3.8) is 0 Å². The molecule has 0 aromatic heterocycles. The van der Waals surface area contributed by atoms with Gasteiger partial charge in [0.05, 0.1) is 0 Å². The first kappa shape index (κ1) is 12.0. The van der Waals surface area contributed by atoms with Crippen molar-refractivity contribution in [2.75, 3.05) is 27.4 Å². The quantitative estimate of drug-likeness (QED) is 0.481. The van der Waals surface area contributed by atoms with E-state index in [9.17, 15) is 0 Å². The molecule has 13 heavy (non-hydrogen) atoms. The fourth-order valence-electron chi connectivity index (χ4n) is 0.688. The number of ether oxygens (including phenoxy) is 2. The third-order valence-corrected chi connectivity index (χ3v) is 1.29. The lowest BCUT2D eigenvalue weighted by Gasteiger charge is -1.86. The van der Waals surface area contributed by atoms with Crippen LogP contribution in [0.15, 0.2) is 0 Å². The molecule has 2 nitrogen and oxygen atoms in total. The molecule has 0 aromatic rings. The van der Waals surface area contributed by atoms with Gasteiger partial charge in [0.2, 0.25) is 0 Å². The van der Waals surface area contributed by atoms with Gasteiger partial charge in [0.15, 0.2) is 0 Å². The van der Waals surface area contributed by atoms with Crippen LogP contribution in [0.2, 0.25) is 0 Å². The Balaban J connectivity index is 3.19. The maximum absolute atomic E-state index is 4.78. The zero-order chi connectivity index (χ0) is 9.78. The fraction of sp³-hybridized carbons (Fsp3) is 0.636. The number of hydrogen-bond donors (Lipinski definition) is 0. The molecule has 72 valence electrons. The van der Waals surface area contributed by atoms with E-state index in [1.807, 2.05) is 0 Å². The minimum absolute atomic E-state index is 0.523. The third-order valence-electron chi connectivity index (χ3n) is 1.29. The van der Waals surface area contributed by atoms with Gasteiger partial charge in [-0.3, -0.25) is 0 Å². The van der Waals surface area contributed by atoms with Crippen molar-refractivity contribution in [2.24, 2.45) is 0 Å².